The van der Waals surface area contributed by atoms with Gasteiger partial charge >= 0.3 is 0 Å². The zero-order chi connectivity index (χ0) is 24.3. The normalized spacial score (nSPS) is 11.6. The lowest BCUT2D eigenvalue weighted by atomic mass is 10.0. The second-order valence-corrected chi connectivity index (χ2v) is 9.92. The van der Waals surface area contributed by atoms with Gasteiger partial charge in [0.25, 0.3) is 0 Å². The number of benzene rings is 3. The van der Waals surface area contributed by atoms with Gasteiger partial charge in [0, 0.05) is 41.4 Å². The van der Waals surface area contributed by atoms with Crippen LogP contribution in [0.25, 0.3) is 0 Å². The lowest BCUT2D eigenvalue weighted by Crippen LogP contribution is -2.49. The smallest absolute Gasteiger partial charge is 0.242 e. The van der Waals surface area contributed by atoms with Crippen molar-refractivity contribution in [2.75, 3.05) is 12.8 Å². The molecule has 0 aliphatic rings. The molecule has 0 bridgehead atoms. The Kier molecular flexibility index (Phi) is 10.3. The van der Waals surface area contributed by atoms with Crippen LogP contribution >= 0.6 is 35.0 Å². The number of hydrogen-bond acceptors (Lipinski definition) is 3. The van der Waals surface area contributed by atoms with E-state index in [1.54, 1.807) is 35.8 Å². The van der Waals surface area contributed by atoms with Gasteiger partial charge in [-0.25, -0.2) is 0 Å². The summed E-state index contributed by atoms with van der Waals surface area (Å²) < 4.78 is 0. The Morgan fingerprint density at radius 2 is 1.50 bits per heavy atom. The van der Waals surface area contributed by atoms with Crippen LogP contribution in [-0.2, 0) is 22.6 Å². The topological polar surface area (TPSA) is 49.4 Å². The summed E-state index contributed by atoms with van der Waals surface area (Å²) in [6, 6.07) is 24.2. The van der Waals surface area contributed by atoms with Gasteiger partial charge in [-0.1, -0.05) is 65.7 Å². The lowest BCUT2D eigenvalue weighted by Gasteiger charge is -2.31. The molecule has 0 aromatic heterocycles. The van der Waals surface area contributed by atoms with E-state index >= 15 is 0 Å². The number of likely N-dealkylation sites (N-methyl/N-ethyl adjacent to an activating group) is 1. The van der Waals surface area contributed by atoms with E-state index in [4.69, 9.17) is 23.2 Å². The van der Waals surface area contributed by atoms with Crippen LogP contribution < -0.4 is 5.32 Å². The molecule has 0 radical (unpaired) electrons. The van der Waals surface area contributed by atoms with E-state index in [0.29, 0.717) is 35.9 Å². The number of amides is 2. The highest BCUT2D eigenvalue weighted by atomic mass is 35.5. The van der Waals surface area contributed by atoms with Gasteiger partial charge in [0.15, 0.2) is 0 Å². The molecule has 34 heavy (non-hydrogen) atoms. The Hall–Kier alpha value is -2.47. The van der Waals surface area contributed by atoms with Gasteiger partial charge < -0.3 is 10.2 Å². The predicted molar refractivity (Wildman–Crippen MR) is 141 cm³/mol. The number of nitrogens with one attached hydrogen (secondary N) is 1. The second kappa shape index (κ2) is 13.4. The SMILES string of the molecule is CNC(=O)C(Cc1ccccc1)N(Cc1ccc(Cl)cc1)C(=O)CCCSc1ccc(Cl)cc1. The molecule has 0 saturated heterocycles. The number of carbonyl (C=O) groups excluding carboxylic acids is 2. The molecular weight excluding hydrogens is 487 g/mol. The fraction of sp³-hybridized carbons (Fsp3) is 0.259. The summed E-state index contributed by atoms with van der Waals surface area (Å²) in [5.41, 5.74) is 1.93. The van der Waals surface area contributed by atoms with E-state index in [1.807, 2.05) is 66.7 Å². The largest absolute Gasteiger partial charge is 0.357 e. The molecule has 3 rings (SSSR count). The zero-order valence-electron chi connectivity index (χ0n) is 19.0. The van der Waals surface area contributed by atoms with Gasteiger partial charge in [-0.15, -0.1) is 11.8 Å². The number of rotatable bonds is 11. The molecule has 3 aromatic carbocycles. The van der Waals surface area contributed by atoms with Crippen LogP contribution in [0.5, 0.6) is 0 Å². The molecule has 1 N–H and O–H groups in total. The third-order valence-electron chi connectivity index (χ3n) is 5.40. The summed E-state index contributed by atoms with van der Waals surface area (Å²) >= 11 is 13.7. The van der Waals surface area contributed by atoms with Gasteiger partial charge in [0.05, 0.1) is 0 Å². The fourth-order valence-electron chi connectivity index (χ4n) is 3.59. The zero-order valence-corrected chi connectivity index (χ0v) is 21.4. The summed E-state index contributed by atoms with van der Waals surface area (Å²) in [5, 5.41) is 4.08. The molecule has 3 aromatic rings. The van der Waals surface area contributed by atoms with Crippen molar-refractivity contribution in [3.05, 3.63) is 100 Å². The molecule has 2 amide bonds. The Labute approximate surface area is 215 Å². The Morgan fingerprint density at radius 3 is 2.12 bits per heavy atom. The highest BCUT2D eigenvalue weighted by Crippen LogP contribution is 2.23. The summed E-state index contributed by atoms with van der Waals surface area (Å²) in [4.78, 5) is 29.1. The third kappa shape index (κ3) is 8.08. The molecule has 0 aliphatic carbocycles. The van der Waals surface area contributed by atoms with Crippen molar-refractivity contribution in [2.45, 2.75) is 36.7 Å². The first-order chi connectivity index (χ1) is 16.5. The van der Waals surface area contributed by atoms with Crippen LogP contribution in [-0.4, -0.2) is 35.6 Å². The van der Waals surface area contributed by atoms with Crippen LogP contribution in [0.15, 0.2) is 83.8 Å². The molecule has 1 unspecified atom stereocenters. The average Bonchev–Trinajstić information content (AvgIpc) is 2.86. The quantitative estimate of drug-likeness (QED) is 0.243. The van der Waals surface area contributed by atoms with Gasteiger partial charge in [-0.3, -0.25) is 9.59 Å². The van der Waals surface area contributed by atoms with Crippen molar-refractivity contribution >= 4 is 46.8 Å². The van der Waals surface area contributed by atoms with E-state index in [0.717, 1.165) is 21.8 Å². The highest BCUT2D eigenvalue weighted by Gasteiger charge is 2.29. The van der Waals surface area contributed by atoms with Crippen molar-refractivity contribution < 1.29 is 9.59 Å². The van der Waals surface area contributed by atoms with Gasteiger partial charge in [-0.2, -0.15) is 0 Å². The first-order valence-corrected chi connectivity index (χ1v) is 12.9. The lowest BCUT2D eigenvalue weighted by molar-refractivity contribution is -0.141. The summed E-state index contributed by atoms with van der Waals surface area (Å²) in [5.74, 6) is 0.573. The Morgan fingerprint density at radius 1 is 0.882 bits per heavy atom. The minimum Gasteiger partial charge on any atom is -0.357 e. The molecule has 0 fully saturated rings. The Balaban J connectivity index is 1.73. The summed E-state index contributed by atoms with van der Waals surface area (Å²) in [7, 11) is 1.61. The first kappa shape index (κ1) is 26.1. The molecule has 0 spiro atoms. The maximum atomic E-state index is 13.4. The van der Waals surface area contributed by atoms with Crippen molar-refractivity contribution in [3.63, 3.8) is 0 Å². The second-order valence-electron chi connectivity index (χ2n) is 7.87. The third-order valence-corrected chi connectivity index (χ3v) is 7.00. The number of hydrogen-bond donors (Lipinski definition) is 1. The minimum atomic E-state index is -0.612. The molecule has 0 heterocycles. The number of carbonyl (C=O) groups is 2. The van der Waals surface area contributed by atoms with Crippen LogP contribution in [0.4, 0.5) is 0 Å². The minimum absolute atomic E-state index is 0.0452. The molecule has 178 valence electrons. The predicted octanol–water partition coefficient (Wildman–Crippen LogP) is 6.25. The van der Waals surface area contributed by atoms with Crippen molar-refractivity contribution in [1.82, 2.24) is 10.2 Å². The molecule has 1 atom stereocenters. The van der Waals surface area contributed by atoms with Crippen LogP contribution in [0.1, 0.15) is 24.0 Å². The molecule has 4 nitrogen and oxygen atoms in total. The summed E-state index contributed by atoms with van der Waals surface area (Å²) in [6.07, 6.45) is 1.50. The van der Waals surface area contributed by atoms with E-state index in [2.05, 4.69) is 5.32 Å². The molecule has 7 heteroatoms. The first-order valence-electron chi connectivity index (χ1n) is 11.1. The Bertz CT molecular complexity index is 1060. The summed E-state index contributed by atoms with van der Waals surface area (Å²) in [6.45, 7) is 0.339. The van der Waals surface area contributed by atoms with Gasteiger partial charge in [0.2, 0.25) is 11.8 Å². The van der Waals surface area contributed by atoms with E-state index < -0.39 is 6.04 Å². The molecule has 0 saturated carbocycles. The van der Waals surface area contributed by atoms with E-state index in [9.17, 15) is 9.59 Å². The molecular formula is C27H28Cl2N2O2S. The standard InChI is InChI=1S/C27H28Cl2N2O2S/c1-30-27(33)25(18-20-6-3-2-4-7-20)31(19-21-9-11-22(28)12-10-21)26(32)8-5-17-34-24-15-13-23(29)14-16-24/h2-4,6-7,9-16,25H,5,8,17-19H2,1H3,(H,30,33). The fourth-order valence-corrected chi connectivity index (χ4v) is 4.70. The monoisotopic (exact) mass is 514 g/mol. The van der Waals surface area contributed by atoms with Crippen molar-refractivity contribution in [3.8, 4) is 0 Å². The number of nitrogens with zero attached hydrogens (tertiary/aromatic N) is 1. The van der Waals surface area contributed by atoms with Crippen LogP contribution in [0.2, 0.25) is 10.0 Å². The maximum absolute atomic E-state index is 13.4. The van der Waals surface area contributed by atoms with Crippen molar-refractivity contribution in [1.29, 1.82) is 0 Å². The van der Waals surface area contributed by atoms with Crippen LogP contribution in [0.3, 0.4) is 0 Å². The molecule has 0 aliphatic heterocycles. The van der Waals surface area contributed by atoms with Crippen LogP contribution in [0, 0.1) is 0 Å². The number of halogens is 2. The van der Waals surface area contributed by atoms with Crippen molar-refractivity contribution in [2.24, 2.45) is 0 Å². The highest BCUT2D eigenvalue weighted by molar-refractivity contribution is 7.99. The number of thioether (sulfide) groups is 1. The van der Waals surface area contributed by atoms with Gasteiger partial charge in [0.1, 0.15) is 6.04 Å². The van der Waals surface area contributed by atoms with E-state index in [-0.39, 0.29) is 11.8 Å². The van der Waals surface area contributed by atoms with E-state index in [1.165, 1.54) is 0 Å². The average molecular weight is 516 g/mol. The maximum Gasteiger partial charge on any atom is 0.242 e. The van der Waals surface area contributed by atoms with Gasteiger partial charge in [-0.05, 0) is 59.7 Å².